The van der Waals surface area contributed by atoms with Crippen molar-refractivity contribution in [2.24, 2.45) is 0 Å². The maximum Gasteiger partial charge on any atom is 0.225 e. The molecular weight excluding hydrogens is 342 g/mol. The first-order valence-electron chi connectivity index (χ1n) is 9.38. The van der Waals surface area contributed by atoms with Crippen LogP contribution in [0.3, 0.4) is 0 Å². The Bertz CT molecular complexity index is 690. The van der Waals surface area contributed by atoms with Gasteiger partial charge in [-0.2, -0.15) is 0 Å². The van der Waals surface area contributed by atoms with Crippen molar-refractivity contribution in [1.29, 1.82) is 0 Å². The maximum atomic E-state index is 12.5. The highest BCUT2D eigenvalue weighted by Crippen LogP contribution is 2.11. The number of carbonyl (C=O) groups is 1. The van der Waals surface area contributed by atoms with Crippen molar-refractivity contribution in [1.82, 2.24) is 19.8 Å². The minimum absolute atomic E-state index is 0.208. The van der Waals surface area contributed by atoms with Crippen molar-refractivity contribution in [2.75, 3.05) is 57.8 Å². The topological polar surface area (TPSA) is 61.8 Å². The third kappa shape index (κ3) is 5.92. The van der Waals surface area contributed by atoms with Gasteiger partial charge in [0.2, 0.25) is 11.9 Å². The van der Waals surface area contributed by atoms with E-state index in [1.807, 2.05) is 48.3 Å². The molecule has 1 aromatic carbocycles. The number of aromatic nitrogens is 2. The number of amides is 1. The van der Waals surface area contributed by atoms with Crippen molar-refractivity contribution < 1.29 is 9.53 Å². The summed E-state index contributed by atoms with van der Waals surface area (Å²) in [4.78, 5) is 27.2. The van der Waals surface area contributed by atoms with Gasteiger partial charge >= 0.3 is 0 Å². The Hall–Kier alpha value is -2.67. The van der Waals surface area contributed by atoms with Crippen LogP contribution in [0.2, 0.25) is 0 Å². The molecule has 0 radical (unpaired) electrons. The zero-order chi connectivity index (χ0) is 18.9. The molecule has 27 heavy (non-hydrogen) atoms. The van der Waals surface area contributed by atoms with Crippen molar-refractivity contribution in [3.63, 3.8) is 0 Å². The standard InChI is InChI=1S/C20H27N5O2/c1-23(16-17-27-18-6-3-2-4-7-18)11-8-19(26)24-12-14-25(15-13-24)20-21-9-5-10-22-20/h2-7,9-10H,8,11-17H2,1H3. The Morgan fingerprint density at radius 2 is 1.74 bits per heavy atom. The number of carbonyl (C=O) groups excluding carboxylic acids is 1. The number of likely N-dealkylation sites (N-methyl/N-ethyl adjacent to an activating group) is 1. The number of para-hydroxylation sites is 1. The summed E-state index contributed by atoms with van der Waals surface area (Å²) in [6.07, 6.45) is 4.03. The van der Waals surface area contributed by atoms with Crippen LogP contribution >= 0.6 is 0 Å². The molecule has 0 aliphatic carbocycles. The zero-order valence-corrected chi connectivity index (χ0v) is 15.8. The number of nitrogens with zero attached hydrogens (tertiary/aromatic N) is 5. The van der Waals surface area contributed by atoms with E-state index in [4.69, 9.17) is 4.74 Å². The van der Waals surface area contributed by atoms with Crippen LogP contribution < -0.4 is 9.64 Å². The van der Waals surface area contributed by atoms with E-state index in [-0.39, 0.29) is 5.91 Å². The molecule has 0 spiro atoms. The van der Waals surface area contributed by atoms with Crippen LogP contribution in [0.25, 0.3) is 0 Å². The molecule has 1 fully saturated rings. The van der Waals surface area contributed by atoms with Crippen LogP contribution in [0.1, 0.15) is 6.42 Å². The average Bonchev–Trinajstić information content (AvgIpc) is 2.73. The summed E-state index contributed by atoms with van der Waals surface area (Å²) in [6.45, 7) is 5.13. The normalized spacial score (nSPS) is 14.4. The van der Waals surface area contributed by atoms with Crippen molar-refractivity contribution in [3.05, 3.63) is 48.8 Å². The van der Waals surface area contributed by atoms with Gasteiger partial charge < -0.3 is 19.4 Å². The van der Waals surface area contributed by atoms with E-state index < -0.39 is 0 Å². The Morgan fingerprint density at radius 1 is 1.04 bits per heavy atom. The lowest BCUT2D eigenvalue weighted by Gasteiger charge is -2.35. The first-order chi connectivity index (χ1) is 13.2. The molecule has 1 aliphatic rings. The second-order valence-corrected chi connectivity index (χ2v) is 6.63. The summed E-state index contributed by atoms with van der Waals surface area (Å²) in [5.74, 6) is 1.82. The molecule has 3 rings (SSSR count). The van der Waals surface area contributed by atoms with E-state index in [2.05, 4.69) is 19.8 Å². The lowest BCUT2D eigenvalue weighted by Crippen LogP contribution is -2.49. The van der Waals surface area contributed by atoms with Gasteiger partial charge in [-0.1, -0.05) is 18.2 Å². The Labute approximate surface area is 160 Å². The van der Waals surface area contributed by atoms with Gasteiger partial charge in [0, 0.05) is 58.1 Å². The minimum Gasteiger partial charge on any atom is -0.492 e. The molecule has 1 saturated heterocycles. The van der Waals surface area contributed by atoms with E-state index in [1.54, 1.807) is 12.4 Å². The molecule has 1 amide bonds. The van der Waals surface area contributed by atoms with Gasteiger partial charge in [0.25, 0.3) is 0 Å². The Kier molecular flexibility index (Phi) is 6.98. The third-order valence-electron chi connectivity index (χ3n) is 4.66. The van der Waals surface area contributed by atoms with Gasteiger partial charge in [0.1, 0.15) is 12.4 Å². The van der Waals surface area contributed by atoms with Gasteiger partial charge in [-0.3, -0.25) is 4.79 Å². The molecule has 7 heteroatoms. The maximum absolute atomic E-state index is 12.5. The highest BCUT2D eigenvalue weighted by molar-refractivity contribution is 5.76. The van der Waals surface area contributed by atoms with E-state index in [0.29, 0.717) is 13.0 Å². The van der Waals surface area contributed by atoms with Crippen LogP contribution in [0.15, 0.2) is 48.8 Å². The van der Waals surface area contributed by atoms with E-state index in [1.165, 1.54) is 0 Å². The first-order valence-corrected chi connectivity index (χ1v) is 9.38. The largest absolute Gasteiger partial charge is 0.492 e. The van der Waals surface area contributed by atoms with Gasteiger partial charge in [-0.05, 0) is 25.2 Å². The molecule has 0 atom stereocenters. The summed E-state index contributed by atoms with van der Waals surface area (Å²) >= 11 is 0. The van der Waals surface area contributed by atoms with Crippen LogP contribution in [0, 0.1) is 0 Å². The summed E-state index contributed by atoms with van der Waals surface area (Å²) in [5.41, 5.74) is 0. The second-order valence-electron chi connectivity index (χ2n) is 6.63. The monoisotopic (exact) mass is 369 g/mol. The summed E-state index contributed by atoms with van der Waals surface area (Å²) in [5, 5.41) is 0. The SMILES string of the molecule is CN(CCOc1ccccc1)CCC(=O)N1CCN(c2ncccn2)CC1. The zero-order valence-electron chi connectivity index (χ0n) is 15.8. The predicted octanol–water partition coefficient (Wildman–Crippen LogP) is 1.53. The molecule has 0 bridgehead atoms. The highest BCUT2D eigenvalue weighted by atomic mass is 16.5. The highest BCUT2D eigenvalue weighted by Gasteiger charge is 2.22. The van der Waals surface area contributed by atoms with Gasteiger partial charge in [0.05, 0.1) is 0 Å². The number of anilines is 1. The second kappa shape index (κ2) is 9.87. The minimum atomic E-state index is 0.208. The van der Waals surface area contributed by atoms with E-state index >= 15 is 0 Å². The third-order valence-corrected chi connectivity index (χ3v) is 4.66. The molecule has 2 heterocycles. The molecule has 1 aromatic heterocycles. The van der Waals surface area contributed by atoms with E-state index in [0.717, 1.165) is 51.0 Å². The number of benzene rings is 1. The van der Waals surface area contributed by atoms with Crippen molar-refractivity contribution >= 4 is 11.9 Å². The number of rotatable bonds is 8. The molecule has 0 unspecified atom stereocenters. The van der Waals surface area contributed by atoms with Gasteiger partial charge in [-0.15, -0.1) is 0 Å². The fourth-order valence-corrected chi connectivity index (χ4v) is 3.00. The lowest BCUT2D eigenvalue weighted by atomic mass is 10.2. The van der Waals surface area contributed by atoms with Crippen LogP contribution in [0.4, 0.5) is 5.95 Å². The summed E-state index contributed by atoms with van der Waals surface area (Å²) in [7, 11) is 2.02. The number of hydrogen-bond acceptors (Lipinski definition) is 6. The molecular formula is C20H27N5O2. The lowest BCUT2D eigenvalue weighted by molar-refractivity contribution is -0.131. The summed E-state index contributed by atoms with van der Waals surface area (Å²) in [6, 6.07) is 11.6. The number of piperazine rings is 1. The molecule has 1 aliphatic heterocycles. The smallest absolute Gasteiger partial charge is 0.225 e. The molecule has 0 N–H and O–H groups in total. The first kappa shape index (κ1) is 19.1. The molecule has 144 valence electrons. The number of hydrogen-bond donors (Lipinski definition) is 0. The van der Waals surface area contributed by atoms with Crippen molar-refractivity contribution in [3.8, 4) is 5.75 Å². The van der Waals surface area contributed by atoms with Crippen molar-refractivity contribution in [2.45, 2.75) is 6.42 Å². The fourth-order valence-electron chi connectivity index (χ4n) is 3.00. The molecule has 0 saturated carbocycles. The van der Waals surface area contributed by atoms with Gasteiger partial charge in [-0.25, -0.2) is 9.97 Å². The Morgan fingerprint density at radius 3 is 2.44 bits per heavy atom. The Balaban J connectivity index is 1.32. The number of ether oxygens (including phenoxy) is 1. The van der Waals surface area contributed by atoms with Gasteiger partial charge in [0.15, 0.2) is 0 Å². The molecule has 2 aromatic rings. The quantitative estimate of drug-likeness (QED) is 0.703. The predicted molar refractivity (Wildman–Crippen MR) is 105 cm³/mol. The van der Waals surface area contributed by atoms with Crippen LogP contribution in [-0.2, 0) is 4.79 Å². The summed E-state index contributed by atoms with van der Waals surface area (Å²) < 4.78 is 5.70. The fraction of sp³-hybridized carbons (Fsp3) is 0.450. The molecule has 7 nitrogen and oxygen atoms in total. The van der Waals surface area contributed by atoms with Crippen LogP contribution in [0.5, 0.6) is 5.75 Å². The average molecular weight is 369 g/mol. The van der Waals surface area contributed by atoms with Crippen LogP contribution in [-0.4, -0.2) is 78.6 Å². The van der Waals surface area contributed by atoms with E-state index in [9.17, 15) is 4.79 Å².